The predicted molar refractivity (Wildman–Crippen MR) is 92.0 cm³/mol. The van der Waals surface area contributed by atoms with Gasteiger partial charge in [0.05, 0.1) is 19.2 Å². The predicted octanol–water partition coefficient (Wildman–Crippen LogP) is 2.73. The average molecular weight is 362 g/mol. The molecule has 0 saturated carbocycles. The molecule has 1 fully saturated rings. The summed E-state index contributed by atoms with van der Waals surface area (Å²) in [6.07, 6.45) is 1.07. The van der Waals surface area contributed by atoms with Crippen molar-refractivity contribution in [2.75, 3.05) is 27.3 Å². The second-order valence-electron chi connectivity index (χ2n) is 5.71. The fourth-order valence-corrected chi connectivity index (χ4v) is 3.21. The van der Waals surface area contributed by atoms with Gasteiger partial charge in [0.1, 0.15) is 17.4 Å². The maximum Gasteiger partial charge on any atom is 0.410 e. The van der Waals surface area contributed by atoms with Gasteiger partial charge >= 0.3 is 12.1 Å². The largest absolute Gasteiger partial charge is 0.490 e. The van der Waals surface area contributed by atoms with Crippen LogP contribution in [-0.4, -0.2) is 55.4 Å². The van der Waals surface area contributed by atoms with Gasteiger partial charge in [-0.3, -0.25) is 0 Å². The second-order valence-corrected chi connectivity index (χ2v) is 6.95. The Hall–Kier alpha value is -2.61. The van der Waals surface area contributed by atoms with Gasteiger partial charge in [0.15, 0.2) is 6.10 Å². The molecule has 0 bridgehead atoms. The number of cyclic esters (lactones) is 1. The third-order valence-electron chi connectivity index (χ3n) is 3.69. The lowest BCUT2D eigenvalue weighted by atomic mass is 10.1. The first-order chi connectivity index (χ1) is 12.0. The molecule has 7 nitrogen and oxygen atoms in total. The van der Waals surface area contributed by atoms with Gasteiger partial charge in [0.25, 0.3) is 0 Å². The molecule has 1 aromatic heterocycles. The van der Waals surface area contributed by atoms with Crippen LogP contribution in [0.5, 0.6) is 5.75 Å². The van der Waals surface area contributed by atoms with E-state index in [0.29, 0.717) is 17.9 Å². The van der Waals surface area contributed by atoms with Crippen LogP contribution in [0.15, 0.2) is 24.4 Å². The molecule has 1 aliphatic heterocycles. The summed E-state index contributed by atoms with van der Waals surface area (Å²) in [6.45, 7) is 2.64. The van der Waals surface area contributed by atoms with E-state index in [-0.39, 0.29) is 18.8 Å². The van der Waals surface area contributed by atoms with E-state index < -0.39 is 5.97 Å². The zero-order valence-corrected chi connectivity index (χ0v) is 15.0. The monoisotopic (exact) mass is 362 g/mol. The van der Waals surface area contributed by atoms with Crippen LogP contribution in [0.3, 0.4) is 0 Å². The number of esters is 1. The van der Waals surface area contributed by atoms with Crippen LogP contribution < -0.4 is 4.74 Å². The van der Waals surface area contributed by atoms with Crippen molar-refractivity contribution in [1.29, 1.82) is 0 Å². The van der Waals surface area contributed by atoms with Crippen LogP contribution >= 0.6 is 11.3 Å². The van der Waals surface area contributed by atoms with E-state index in [0.717, 1.165) is 15.4 Å². The van der Waals surface area contributed by atoms with Crippen molar-refractivity contribution in [2.24, 2.45) is 0 Å². The number of benzene rings is 1. The number of hydrogen-bond acceptors (Lipinski definition) is 7. The summed E-state index contributed by atoms with van der Waals surface area (Å²) in [5.41, 5.74) is 1.15. The minimum absolute atomic E-state index is 0.205. The molecule has 0 aliphatic carbocycles. The van der Waals surface area contributed by atoms with Crippen LogP contribution in [0.2, 0.25) is 0 Å². The maximum absolute atomic E-state index is 11.9. The molecule has 0 N–H and O–H groups in total. The third-order valence-corrected chi connectivity index (χ3v) is 4.65. The molecule has 132 valence electrons. The van der Waals surface area contributed by atoms with E-state index in [1.54, 1.807) is 25.4 Å². The molecule has 0 radical (unpaired) electrons. The van der Waals surface area contributed by atoms with E-state index in [1.807, 2.05) is 13.0 Å². The number of thiazole rings is 1. The summed E-state index contributed by atoms with van der Waals surface area (Å²) in [7, 11) is 3.00. The number of aryl methyl sites for hydroxylation is 1. The number of hydrogen-bond donors (Lipinski definition) is 0. The van der Waals surface area contributed by atoms with Gasteiger partial charge in [-0.1, -0.05) is 0 Å². The van der Waals surface area contributed by atoms with E-state index >= 15 is 0 Å². The second kappa shape index (κ2) is 7.10. The molecule has 0 spiro atoms. The van der Waals surface area contributed by atoms with Crippen molar-refractivity contribution in [3.05, 3.63) is 34.8 Å². The summed E-state index contributed by atoms with van der Waals surface area (Å²) in [5, 5.41) is 0.792. The molecule has 3 rings (SSSR count). The Bertz CT molecular complexity index is 804. The van der Waals surface area contributed by atoms with Gasteiger partial charge in [-0.15, -0.1) is 11.3 Å². The number of carbonyl (C=O) groups is 2. The molecule has 1 atom stereocenters. The Balaban J connectivity index is 1.82. The molecule has 1 aromatic carbocycles. The summed E-state index contributed by atoms with van der Waals surface area (Å²) < 4.78 is 15.7. The number of carbonyl (C=O) groups excluding carboxylic acids is 2. The molecule has 1 aliphatic rings. The Labute approximate surface area is 149 Å². The van der Waals surface area contributed by atoms with Crippen molar-refractivity contribution in [3.63, 3.8) is 0 Å². The molecule has 8 heteroatoms. The summed E-state index contributed by atoms with van der Waals surface area (Å²) in [6, 6.07) is 5.14. The number of ether oxygens (including phenoxy) is 3. The zero-order chi connectivity index (χ0) is 18.0. The summed E-state index contributed by atoms with van der Waals surface area (Å²) >= 11 is 1.53. The lowest BCUT2D eigenvalue weighted by Gasteiger charge is -2.12. The lowest BCUT2D eigenvalue weighted by Crippen LogP contribution is -2.23. The van der Waals surface area contributed by atoms with E-state index in [4.69, 9.17) is 14.2 Å². The van der Waals surface area contributed by atoms with Crippen molar-refractivity contribution in [3.8, 4) is 16.3 Å². The Morgan fingerprint density at radius 3 is 2.84 bits per heavy atom. The highest BCUT2D eigenvalue weighted by Gasteiger charge is 2.28. The van der Waals surface area contributed by atoms with Crippen LogP contribution in [0, 0.1) is 6.92 Å². The van der Waals surface area contributed by atoms with Gasteiger partial charge in [0.2, 0.25) is 0 Å². The number of aromatic nitrogens is 1. The van der Waals surface area contributed by atoms with Crippen molar-refractivity contribution in [2.45, 2.75) is 13.0 Å². The van der Waals surface area contributed by atoms with Crippen LogP contribution in [-0.2, 0) is 9.47 Å². The van der Waals surface area contributed by atoms with Gasteiger partial charge in [-0.05, 0) is 25.1 Å². The highest BCUT2D eigenvalue weighted by atomic mass is 32.1. The highest BCUT2D eigenvalue weighted by Crippen LogP contribution is 2.30. The molecule has 2 aromatic rings. The van der Waals surface area contributed by atoms with Gasteiger partial charge < -0.3 is 19.1 Å². The Morgan fingerprint density at radius 2 is 2.24 bits per heavy atom. The quantitative estimate of drug-likeness (QED) is 0.761. The van der Waals surface area contributed by atoms with Crippen molar-refractivity contribution >= 4 is 23.4 Å². The topological polar surface area (TPSA) is 78.0 Å². The number of nitrogens with zero attached hydrogens (tertiary/aromatic N) is 2. The number of methoxy groups -OCH3 is 1. The Kier molecular flexibility index (Phi) is 4.89. The van der Waals surface area contributed by atoms with Crippen molar-refractivity contribution < 1.29 is 23.8 Å². The first-order valence-corrected chi connectivity index (χ1v) is 8.48. The van der Waals surface area contributed by atoms with Gasteiger partial charge in [-0.2, -0.15) is 0 Å². The standard InChI is InChI=1S/C17H18N2O5S/c1-10-7-18-15(25-10)11-4-12(16(20)22-3)6-13(5-11)23-9-14-8-19(2)17(21)24-14/h4-7,14H,8-9H2,1-3H3. The Morgan fingerprint density at radius 1 is 1.44 bits per heavy atom. The normalized spacial score (nSPS) is 16.7. The summed E-state index contributed by atoms with van der Waals surface area (Å²) in [5.74, 6) is 0.0448. The number of amides is 1. The molecule has 2 heterocycles. The SMILES string of the molecule is COC(=O)c1cc(OCC2CN(C)C(=O)O2)cc(-c2ncc(C)s2)c1. The maximum atomic E-state index is 11.9. The van der Waals surface area contributed by atoms with Gasteiger partial charge in [0, 0.05) is 23.7 Å². The van der Waals surface area contributed by atoms with Crippen LogP contribution in [0.4, 0.5) is 4.79 Å². The highest BCUT2D eigenvalue weighted by molar-refractivity contribution is 7.14. The fraction of sp³-hybridized carbons (Fsp3) is 0.353. The zero-order valence-electron chi connectivity index (χ0n) is 14.1. The molecule has 1 saturated heterocycles. The average Bonchev–Trinajstić information content (AvgIpc) is 3.18. The van der Waals surface area contributed by atoms with Crippen LogP contribution in [0.25, 0.3) is 10.6 Å². The first kappa shape index (κ1) is 17.2. The lowest BCUT2D eigenvalue weighted by molar-refractivity contribution is 0.0600. The molecule has 1 amide bonds. The van der Waals surface area contributed by atoms with Crippen LogP contribution in [0.1, 0.15) is 15.2 Å². The number of rotatable bonds is 5. The molecule has 1 unspecified atom stereocenters. The number of likely N-dealkylation sites (N-methyl/N-ethyl adjacent to an activating group) is 1. The third kappa shape index (κ3) is 3.90. The van der Waals surface area contributed by atoms with Gasteiger partial charge in [-0.25, -0.2) is 14.6 Å². The fourth-order valence-electron chi connectivity index (χ4n) is 2.46. The summed E-state index contributed by atoms with van der Waals surface area (Å²) in [4.78, 5) is 30.2. The van der Waals surface area contributed by atoms with E-state index in [2.05, 4.69) is 4.98 Å². The minimum atomic E-state index is -0.452. The van der Waals surface area contributed by atoms with Crippen molar-refractivity contribution in [1.82, 2.24) is 9.88 Å². The molecule has 25 heavy (non-hydrogen) atoms. The van der Waals surface area contributed by atoms with E-state index in [9.17, 15) is 9.59 Å². The first-order valence-electron chi connectivity index (χ1n) is 7.67. The molecular weight excluding hydrogens is 344 g/mol. The van der Waals surface area contributed by atoms with E-state index in [1.165, 1.54) is 23.3 Å². The molecular formula is C17H18N2O5S. The minimum Gasteiger partial charge on any atom is -0.490 e. The smallest absolute Gasteiger partial charge is 0.410 e.